The molecule has 0 aliphatic carbocycles. The number of amides is 2. The Hall–Kier alpha value is -2.31. The van der Waals surface area contributed by atoms with Crippen molar-refractivity contribution in [3.63, 3.8) is 0 Å². The van der Waals surface area contributed by atoms with Gasteiger partial charge in [0.25, 0.3) is 0 Å². The number of aliphatic hydroxyl groups is 1. The Morgan fingerprint density at radius 1 is 1.27 bits per heavy atom. The molecule has 7 heteroatoms. The lowest BCUT2D eigenvalue weighted by Crippen LogP contribution is -2.20. The second-order valence-electron chi connectivity index (χ2n) is 4.42. The molecule has 2 amide bonds. The molecule has 116 valence electrons. The number of hydrogen-bond acceptors (Lipinski definition) is 3. The Bertz CT molecular complexity index is 694. The van der Waals surface area contributed by atoms with Crippen molar-refractivity contribution in [1.29, 1.82) is 0 Å². The molecule has 5 nitrogen and oxygen atoms in total. The molecule has 0 fully saturated rings. The lowest BCUT2D eigenvalue weighted by molar-refractivity contribution is 0.262. The van der Waals surface area contributed by atoms with Crippen molar-refractivity contribution in [2.24, 2.45) is 0 Å². The quantitative estimate of drug-likeness (QED) is 0.804. The summed E-state index contributed by atoms with van der Waals surface area (Å²) in [5.74, 6) is -0.248. The van der Waals surface area contributed by atoms with Gasteiger partial charge in [-0.1, -0.05) is 17.7 Å². The van der Waals surface area contributed by atoms with Gasteiger partial charge in [-0.25, -0.2) is 9.18 Å². The highest BCUT2D eigenvalue weighted by Crippen LogP contribution is 2.23. The zero-order valence-electron chi connectivity index (χ0n) is 11.7. The van der Waals surface area contributed by atoms with E-state index in [0.717, 1.165) is 6.07 Å². The van der Waals surface area contributed by atoms with Gasteiger partial charge >= 0.3 is 6.03 Å². The molecule has 0 atom stereocenters. The highest BCUT2D eigenvalue weighted by atomic mass is 35.5. The molecule has 0 radical (unpaired) electrons. The minimum absolute atomic E-state index is 0.238. The van der Waals surface area contributed by atoms with Gasteiger partial charge in [0.05, 0.1) is 13.7 Å². The van der Waals surface area contributed by atoms with Crippen molar-refractivity contribution < 1.29 is 19.0 Å². The van der Waals surface area contributed by atoms with Gasteiger partial charge in [-0.05, 0) is 18.2 Å². The predicted molar refractivity (Wildman–Crippen MR) is 83.0 cm³/mol. The Kier molecular flexibility index (Phi) is 5.19. The van der Waals surface area contributed by atoms with Crippen molar-refractivity contribution >= 4 is 29.0 Å². The number of carbonyl (C=O) groups is 1. The lowest BCUT2D eigenvalue weighted by Gasteiger charge is -2.12. The minimum atomic E-state index is -0.593. The first-order chi connectivity index (χ1) is 10.5. The number of methoxy groups -OCH3 is 1. The number of ether oxygens (including phenoxy) is 1. The third-order valence-corrected chi connectivity index (χ3v) is 3.09. The van der Waals surface area contributed by atoms with Crippen LogP contribution in [0.15, 0.2) is 36.4 Å². The third-order valence-electron chi connectivity index (χ3n) is 2.86. The number of halogens is 2. The molecule has 0 saturated carbocycles. The molecule has 2 rings (SSSR count). The van der Waals surface area contributed by atoms with E-state index in [4.69, 9.17) is 16.3 Å². The molecule has 0 unspecified atom stereocenters. The molecule has 2 aromatic carbocycles. The van der Waals surface area contributed by atoms with Crippen LogP contribution < -0.4 is 15.4 Å². The maximum atomic E-state index is 13.4. The average molecular weight is 325 g/mol. The second-order valence-corrected chi connectivity index (χ2v) is 4.85. The Morgan fingerprint density at radius 3 is 2.73 bits per heavy atom. The molecule has 0 aromatic heterocycles. The zero-order valence-corrected chi connectivity index (χ0v) is 12.4. The van der Waals surface area contributed by atoms with Crippen LogP contribution in [0.25, 0.3) is 0 Å². The molecule has 2 aromatic rings. The highest BCUT2D eigenvalue weighted by molar-refractivity contribution is 6.31. The first-order valence-electron chi connectivity index (χ1n) is 6.33. The number of rotatable bonds is 4. The number of aliphatic hydroxyl groups excluding tert-OH is 1. The molecule has 0 heterocycles. The first kappa shape index (κ1) is 16.1. The molecular weight excluding hydrogens is 311 g/mol. The molecule has 22 heavy (non-hydrogen) atoms. The van der Waals surface area contributed by atoms with Crippen LogP contribution in [0.4, 0.5) is 20.6 Å². The van der Waals surface area contributed by atoms with E-state index in [2.05, 4.69) is 10.6 Å². The summed E-state index contributed by atoms with van der Waals surface area (Å²) in [6, 6.07) is 7.96. The fourth-order valence-electron chi connectivity index (χ4n) is 1.84. The highest BCUT2D eigenvalue weighted by Gasteiger charge is 2.09. The van der Waals surface area contributed by atoms with E-state index in [1.807, 2.05) is 0 Å². The summed E-state index contributed by atoms with van der Waals surface area (Å²) < 4.78 is 18.3. The zero-order chi connectivity index (χ0) is 16.1. The standard InChI is InChI=1S/C15H14ClFN2O3/c1-22-13-6-11(17)5-12(7-13)18-15(21)19-14-4-10(16)3-2-9(14)8-20/h2-7,20H,8H2,1H3,(H2,18,19,21). The van der Waals surface area contributed by atoms with E-state index >= 15 is 0 Å². The van der Waals surface area contributed by atoms with Gasteiger partial charge < -0.3 is 20.5 Å². The Labute approximate surface area is 131 Å². The average Bonchev–Trinajstić information content (AvgIpc) is 2.46. The van der Waals surface area contributed by atoms with Gasteiger partial charge in [-0.2, -0.15) is 0 Å². The number of hydrogen-bond donors (Lipinski definition) is 3. The van der Waals surface area contributed by atoms with Gasteiger partial charge in [0.15, 0.2) is 0 Å². The first-order valence-corrected chi connectivity index (χ1v) is 6.71. The van der Waals surface area contributed by atoms with Crippen LogP contribution >= 0.6 is 11.6 Å². The lowest BCUT2D eigenvalue weighted by atomic mass is 10.2. The van der Waals surface area contributed by atoms with E-state index in [1.165, 1.54) is 25.3 Å². The molecule has 0 saturated heterocycles. The smallest absolute Gasteiger partial charge is 0.323 e. The predicted octanol–water partition coefficient (Wildman–Crippen LogP) is 3.62. The molecule has 3 N–H and O–H groups in total. The number of urea groups is 1. The topological polar surface area (TPSA) is 70.6 Å². The van der Waals surface area contributed by atoms with Crippen LogP contribution in [-0.4, -0.2) is 18.2 Å². The summed E-state index contributed by atoms with van der Waals surface area (Å²) in [4.78, 5) is 12.0. The maximum Gasteiger partial charge on any atom is 0.323 e. The summed E-state index contributed by atoms with van der Waals surface area (Å²) in [5, 5.41) is 14.7. The number of anilines is 2. The van der Waals surface area contributed by atoms with E-state index in [0.29, 0.717) is 16.3 Å². The van der Waals surface area contributed by atoms with Gasteiger partial charge in [-0.15, -0.1) is 0 Å². The maximum absolute atomic E-state index is 13.4. The number of carbonyl (C=O) groups excluding carboxylic acids is 1. The summed E-state index contributed by atoms with van der Waals surface area (Å²) in [6.07, 6.45) is 0. The molecule has 0 aliphatic heterocycles. The fraction of sp³-hybridized carbons (Fsp3) is 0.133. The molecule has 0 spiro atoms. The molecular formula is C15H14ClFN2O3. The summed E-state index contributed by atoms with van der Waals surface area (Å²) in [5.41, 5.74) is 1.12. The van der Waals surface area contributed by atoms with Crippen LogP contribution in [0.2, 0.25) is 5.02 Å². The van der Waals surface area contributed by atoms with Crippen molar-refractivity contribution in [2.45, 2.75) is 6.61 Å². The van der Waals surface area contributed by atoms with E-state index < -0.39 is 11.8 Å². The van der Waals surface area contributed by atoms with Gasteiger partial charge in [0, 0.05) is 34.1 Å². The summed E-state index contributed by atoms with van der Waals surface area (Å²) in [6.45, 7) is -0.249. The van der Waals surface area contributed by atoms with Crippen molar-refractivity contribution in [3.8, 4) is 5.75 Å². The third kappa shape index (κ3) is 4.09. The van der Waals surface area contributed by atoms with E-state index in [1.54, 1.807) is 12.1 Å². The number of benzene rings is 2. The van der Waals surface area contributed by atoms with Crippen LogP contribution in [-0.2, 0) is 6.61 Å². The fourth-order valence-corrected chi connectivity index (χ4v) is 2.01. The Morgan fingerprint density at radius 2 is 2.05 bits per heavy atom. The van der Waals surface area contributed by atoms with Crippen molar-refractivity contribution in [1.82, 2.24) is 0 Å². The largest absolute Gasteiger partial charge is 0.497 e. The van der Waals surface area contributed by atoms with E-state index in [9.17, 15) is 14.3 Å². The number of nitrogens with one attached hydrogen (secondary N) is 2. The van der Waals surface area contributed by atoms with Crippen LogP contribution in [0.1, 0.15) is 5.56 Å². The van der Waals surface area contributed by atoms with Crippen LogP contribution in [0.5, 0.6) is 5.75 Å². The Balaban J connectivity index is 2.13. The minimum Gasteiger partial charge on any atom is -0.497 e. The normalized spacial score (nSPS) is 10.2. The molecule has 0 aliphatic rings. The molecule has 0 bridgehead atoms. The SMILES string of the molecule is COc1cc(F)cc(NC(=O)Nc2cc(Cl)ccc2CO)c1. The summed E-state index contributed by atoms with van der Waals surface area (Å²) >= 11 is 5.86. The van der Waals surface area contributed by atoms with E-state index in [-0.39, 0.29) is 18.0 Å². The second kappa shape index (κ2) is 7.11. The monoisotopic (exact) mass is 324 g/mol. The van der Waals surface area contributed by atoms with Crippen LogP contribution in [0.3, 0.4) is 0 Å². The summed E-state index contributed by atoms with van der Waals surface area (Å²) in [7, 11) is 1.40. The van der Waals surface area contributed by atoms with Crippen LogP contribution in [0, 0.1) is 5.82 Å². The van der Waals surface area contributed by atoms with Gasteiger partial charge in [0.2, 0.25) is 0 Å². The van der Waals surface area contributed by atoms with Crippen molar-refractivity contribution in [3.05, 3.63) is 52.8 Å². The van der Waals surface area contributed by atoms with Crippen molar-refractivity contribution in [2.75, 3.05) is 17.7 Å². The van der Waals surface area contributed by atoms with Gasteiger partial charge in [0.1, 0.15) is 11.6 Å². The van der Waals surface area contributed by atoms with Gasteiger partial charge in [-0.3, -0.25) is 0 Å².